The van der Waals surface area contributed by atoms with Gasteiger partial charge in [-0.15, -0.1) is 0 Å². The number of hydrogen-bond donors (Lipinski definition) is 0. The van der Waals surface area contributed by atoms with Gasteiger partial charge < -0.3 is 52.4 Å². The van der Waals surface area contributed by atoms with E-state index in [0.29, 0.717) is 35.3 Å². The third-order valence-corrected chi connectivity index (χ3v) is 6.95. The molecule has 38 heavy (non-hydrogen) atoms. The number of likely N-dealkylation sites (N-methyl/N-ethyl adjacent to an activating group) is 2. The van der Waals surface area contributed by atoms with Crippen molar-refractivity contribution in [1.29, 1.82) is 0 Å². The van der Waals surface area contributed by atoms with Crippen molar-refractivity contribution in [3.05, 3.63) is 0 Å². The summed E-state index contributed by atoms with van der Waals surface area (Å²) in [5, 5.41) is 0. The highest BCUT2D eigenvalue weighted by molar-refractivity contribution is 5.70. The molecule has 0 saturated carbocycles. The Morgan fingerprint density at radius 3 is 1.03 bits per heavy atom. The van der Waals surface area contributed by atoms with Gasteiger partial charge in [0, 0.05) is 0 Å². The minimum atomic E-state index is -0.127. The zero-order valence-electron chi connectivity index (χ0n) is 25.8. The molecule has 0 aliphatic heterocycles. The van der Waals surface area contributed by atoms with E-state index in [-0.39, 0.29) is 45.9 Å². The Kier molecular flexibility index (Phi) is 30.1. The number of esters is 2. The maximum Gasteiger partial charge on any atom is 0.361 e. The molecule has 0 aliphatic rings. The highest BCUT2D eigenvalue weighted by atomic mass is 79.9. The molecule has 0 N–H and O–H groups in total. The number of carbonyl (C=O) groups excluding carboxylic acids is 2. The van der Waals surface area contributed by atoms with E-state index in [1.54, 1.807) is 0 Å². The van der Waals surface area contributed by atoms with Gasteiger partial charge in [0.25, 0.3) is 0 Å². The van der Waals surface area contributed by atoms with Crippen LogP contribution in [0.5, 0.6) is 0 Å². The van der Waals surface area contributed by atoms with Gasteiger partial charge in [0.1, 0.15) is 13.1 Å². The second-order valence-electron chi connectivity index (χ2n) is 12.0. The fourth-order valence-corrected chi connectivity index (χ4v) is 4.33. The van der Waals surface area contributed by atoms with Crippen LogP contribution in [0.15, 0.2) is 0 Å². The fourth-order valence-electron chi connectivity index (χ4n) is 4.33. The number of unbranched alkanes of at least 4 members (excludes halogenated alkanes) is 14. The minimum absolute atomic E-state index is 0. The maximum absolute atomic E-state index is 12.3. The summed E-state index contributed by atoms with van der Waals surface area (Å²) in [5.41, 5.74) is 0. The van der Waals surface area contributed by atoms with Crippen LogP contribution in [-0.2, 0) is 19.1 Å². The summed E-state index contributed by atoms with van der Waals surface area (Å²) in [6.07, 6.45) is 19.8. The zero-order chi connectivity index (χ0) is 27.1. The number of rotatable bonds is 25. The minimum Gasteiger partial charge on any atom is -1.00 e. The topological polar surface area (TPSA) is 52.6 Å². The summed E-state index contributed by atoms with van der Waals surface area (Å²) in [4.78, 5) is 24.6. The molecule has 0 unspecified atom stereocenters. The first-order valence-electron chi connectivity index (χ1n) is 15.1. The van der Waals surface area contributed by atoms with Crippen LogP contribution in [-0.4, -0.2) is 88.5 Å². The van der Waals surface area contributed by atoms with E-state index in [2.05, 4.69) is 42.0 Å². The van der Waals surface area contributed by atoms with E-state index in [0.717, 1.165) is 38.8 Å². The first-order chi connectivity index (χ1) is 17.1. The van der Waals surface area contributed by atoms with Gasteiger partial charge >= 0.3 is 11.9 Å². The Morgan fingerprint density at radius 1 is 0.474 bits per heavy atom. The maximum atomic E-state index is 12.3. The fraction of sp³-hybridized carbons (Fsp3) is 0.933. The molecule has 0 bridgehead atoms. The molecule has 0 fully saturated rings. The number of halogens is 2. The number of hydrogen-bond acceptors (Lipinski definition) is 4. The van der Waals surface area contributed by atoms with Crippen LogP contribution in [0.3, 0.4) is 0 Å². The molecule has 0 aliphatic carbocycles. The second kappa shape index (κ2) is 27.0. The Morgan fingerprint density at radius 2 is 0.737 bits per heavy atom. The van der Waals surface area contributed by atoms with Crippen molar-refractivity contribution < 1.29 is 62.0 Å². The molecule has 0 amide bonds. The third-order valence-electron chi connectivity index (χ3n) is 6.95. The number of nitrogens with zero attached hydrogens (tertiary/aromatic N) is 2. The van der Waals surface area contributed by atoms with Crippen molar-refractivity contribution in [2.24, 2.45) is 0 Å². The SMILES string of the molecule is CCCCCCCCCCOC(=O)C[N+](C)(C)CC[N+](C)(C)CC(=O)OCCCCCCCCCC.[Br-].[Br-]. The Bertz CT molecular complexity index is 512. The van der Waals surface area contributed by atoms with Crippen molar-refractivity contribution >= 4 is 11.9 Å². The summed E-state index contributed by atoms with van der Waals surface area (Å²) in [6, 6.07) is 0. The molecular weight excluding hydrogens is 612 g/mol. The smallest absolute Gasteiger partial charge is 0.361 e. The molecular formula is C30H62Br2N2O4. The molecule has 0 heterocycles. The first kappa shape index (κ1) is 42.3. The van der Waals surface area contributed by atoms with Gasteiger partial charge in [-0.25, -0.2) is 9.59 Å². The van der Waals surface area contributed by atoms with E-state index >= 15 is 0 Å². The van der Waals surface area contributed by atoms with E-state index in [9.17, 15) is 9.59 Å². The average molecular weight is 675 g/mol. The van der Waals surface area contributed by atoms with E-state index in [4.69, 9.17) is 9.47 Å². The van der Waals surface area contributed by atoms with Crippen LogP contribution in [0.1, 0.15) is 117 Å². The lowest BCUT2D eigenvalue weighted by molar-refractivity contribution is -0.939. The molecule has 8 heteroatoms. The monoisotopic (exact) mass is 672 g/mol. The highest BCUT2D eigenvalue weighted by Gasteiger charge is 2.28. The van der Waals surface area contributed by atoms with E-state index < -0.39 is 0 Å². The van der Waals surface area contributed by atoms with Gasteiger partial charge in [0.15, 0.2) is 13.1 Å². The average Bonchev–Trinajstić information content (AvgIpc) is 2.80. The number of quaternary nitrogens is 2. The van der Waals surface area contributed by atoms with Crippen molar-refractivity contribution in [2.75, 3.05) is 67.6 Å². The van der Waals surface area contributed by atoms with Gasteiger partial charge in [0.2, 0.25) is 0 Å². The lowest BCUT2D eigenvalue weighted by Crippen LogP contribution is -3.00. The summed E-state index contributed by atoms with van der Waals surface area (Å²) in [7, 11) is 8.21. The normalized spacial score (nSPS) is 11.4. The molecule has 230 valence electrons. The quantitative estimate of drug-likeness (QED) is 0.0806. The predicted molar refractivity (Wildman–Crippen MR) is 151 cm³/mol. The van der Waals surface area contributed by atoms with Crippen molar-refractivity contribution in [1.82, 2.24) is 0 Å². The summed E-state index contributed by atoms with van der Waals surface area (Å²) < 4.78 is 12.1. The van der Waals surface area contributed by atoms with Crippen LogP contribution in [0, 0.1) is 0 Å². The molecule has 0 spiro atoms. The summed E-state index contributed by atoms with van der Waals surface area (Å²) in [5.74, 6) is -0.254. The predicted octanol–water partition coefficient (Wildman–Crippen LogP) is 0.515. The molecule has 0 rings (SSSR count). The highest BCUT2D eigenvalue weighted by Crippen LogP contribution is 2.10. The van der Waals surface area contributed by atoms with Crippen molar-refractivity contribution in [3.63, 3.8) is 0 Å². The van der Waals surface area contributed by atoms with Gasteiger partial charge in [0.05, 0.1) is 41.4 Å². The van der Waals surface area contributed by atoms with Crippen LogP contribution in [0.25, 0.3) is 0 Å². The van der Waals surface area contributed by atoms with Crippen LogP contribution in [0.4, 0.5) is 0 Å². The Labute approximate surface area is 257 Å². The Hall–Kier alpha value is -0.180. The van der Waals surface area contributed by atoms with Crippen molar-refractivity contribution in [3.8, 4) is 0 Å². The van der Waals surface area contributed by atoms with Gasteiger partial charge in [-0.05, 0) is 12.8 Å². The lowest BCUT2D eigenvalue weighted by Gasteiger charge is -2.34. The largest absolute Gasteiger partial charge is 1.00 e. The number of ether oxygens (including phenoxy) is 2. The van der Waals surface area contributed by atoms with Crippen LogP contribution in [0.2, 0.25) is 0 Å². The van der Waals surface area contributed by atoms with Crippen LogP contribution >= 0.6 is 0 Å². The molecule has 0 aromatic carbocycles. The standard InChI is InChI=1S/C30H62N2O4.2BrH/c1-7-9-11-13-15-17-19-21-25-35-29(33)27-31(3,4)23-24-32(5,6)28-30(34)36-26-22-20-18-16-14-12-10-8-2;;/h7-28H2,1-6H3;2*1H/q+2;;/p-2. The van der Waals surface area contributed by atoms with Gasteiger partial charge in [-0.1, -0.05) is 104 Å². The lowest BCUT2D eigenvalue weighted by atomic mass is 10.1. The molecule has 0 radical (unpaired) electrons. The zero-order valence-corrected chi connectivity index (χ0v) is 29.0. The van der Waals surface area contributed by atoms with Crippen molar-refractivity contribution in [2.45, 2.75) is 117 Å². The first-order valence-corrected chi connectivity index (χ1v) is 15.1. The second-order valence-corrected chi connectivity index (χ2v) is 12.0. The van der Waals surface area contributed by atoms with E-state index in [1.165, 1.54) is 77.0 Å². The molecule has 0 aromatic heterocycles. The molecule has 6 nitrogen and oxygen atoms in total. The van der Waals surface area contributed by atoms with Gasteiger partial charge in [-0.2, -0.15) is 0 Å². The third kappa shape index (κ3) is 28.8. The summed E-state index contributed by atoms with van der Waals surface area (Å²) in [6.45, 7) is 7.85. The summed E-state index contributed by atoms with van der Waals surface area (Å²) >= 11 is 0. The molecule has 0 aromatic rings. The van der Waals surface area contributed by atoms with E-state index in [1.807, 2.05) is 0 Å². The molecule has 0 atom stereocenters. The van der Waals surface area contributed by atoms with Crippen LogP contribution < -0.4 is 34.0 Å². The number of carbonyl (C=O) groups is 2. The Balaban J connectivity index is -0.00000612. The van der Waals surface area contributed by atoms with Gasteiger partial charge in [-0.3, -0.25) is 0 Å². The molecule has 0 saturated heterocycles.